The molecule has 3 atom stereocenters. The lowest BCUT2D eigenvalue weighted by atomic mass is 10.2. The smallest absolute Gasteiger partial charge is 0.182 e. The zero-order valence-corrected chi connectivity index (χ0v) is 9.22. The predicted octanol–water partition coefficient (Wildman–Crippen LogP) is -1.67. The van der Waals surface area contributed by atoms with E-state index < -0.39 is 17.7 Å². The molecule has 0 aliphatic rings. The molecule has 14 heavy (non-hydrogen) atoms. The number of alkyl halides is 1. The number of rotatable bonds is 6. The highest BCUT2D eigenvalue weighted by molar-refractivity contribution is 6.19. The van der Waals surface area contributed by atoms with Gasteiger partial charge in [0.25, 0.3) is 0 Å². The fourth-order valence-corrected chi connectivity index (χ4v) is 1.76. The van der Waals surface area contributed by atoms with Crippen molar-refractivity contribution < 1.29 is 24.9 Å². The lowest BCUT2D eigenvalue weighted by Crippen LogP contribution is -2.58. The van der Waals surface area contributed by atoms with E-state index in [0.717, 1.165) is 0 Å². The molecule has 0 rings (SSSR count). The minimum atomic E-state index is -1.18. The maximum atomic E-state index is 9.25. The highest BCUT2D eigenvalue weighted by Gasteiger charge is 2.34. The van der Waals surface area contributed by atoms with Gasteiger partial charge in [-0.15, -0.1) is 0 Å². The van der Waals surface area contributed by atoms with Crippen LogP contribution in [0.15, 0.2) is 0 Å². The quantitative estimate of drug-likeness (QED) is 0.324. The summed E-state index contributed by atoms with van der Waals surface area (Å²) in [5.74, 6) is 0. The van der Waals surface area contributed by atoms with Gasteiger partial charge in [0.15, 0.2) is 11.6 Å². The molecule has 0 aliphatic carbocycles. The molecule has 0 aromatic carbocycles. The fourth-order valence-electron chi connectivity index (χ4n) is 1.38. The summed E-state index contributed by atoms with van der Waals surface area (Å²) in [5.41, 5.74) is -1.18. The standard InChI is InChI=1S/C8H19ClNO4/c1-10(2,3-6(13)4-11)7(5-12)8(9)14/h6-8,11-14H,3-5H2,1-2H3/q+1. The highest BCUT2D eigenvalue weighted by atomic mass is 35.5. The van der Waals surface area contributed by atoms with E-state index in [-0.39, 0.29) is 24.2 Å². The number of hydrogen-bond acceptors (Lipinski definition) is 4. The summed E-state index contributed by atoms with van der Waals surface area (Å²) in [4.78, 5) is 0. The Balaban J connectivity index is 4.40. The third-order valence-corrected chi connectivity index (χ3v) is 2.59. The summed E-state index contributed by atoms with van der Waals surface area (Å²) in [6.07, 6.45) is -0.880. The number of nitrogens with zero attached hydrogens (tertiary/aromatic N) is 1. The Hall–Kier alpha value is 0.0900. The molecular formula is C8H19ClNO4+. The van der Waals surface area contributed by atoms with Crippen molar-refractivity contribution in [1.82, 2.24) is 0 Å². The van der Waals surface area contributed by atoms with Gasteiger partial charge in [0.1, 0.15) is 12.6 Å². The molecular weight excluding hydrogens is 210 g/mol. The van der Waals surface area contributed by atoms with E-state index in [4.69, 9.17) is 21.8 Å². The number of aliphatic hydroxyl groups is 4. The average molecular weight is 229 g/mol. The van der Waals surface area contributed by atoms with Crippen LogP contribution >= 0.6 is 11.6 Å². The van der Waals surface area contributed by atoms with E-state index in [0.29, 0.717) is 0 Å². The van der Waals surface area contributed by atoms with Gasteiger partial charge in [-0.2, -0.15) is 0 Å². The van der Waals surface area contributed by atoms with Crippen LogP contribution in [0.1, 0.15) is 0 Å². The molecule has 0 saturated carbocycles. The van der Waals surface area contributed by atoms with E-state index in [1.54, 1.807) is 14.1 Å². The first kappa shape index (κ1) is 14.1. The molecule has 0 spiro atoms. The van der Waals surface area contributed by atoms with Crippen molar-refractivity contribution in [2.24, 2.45) is 0 Å². The molecule has 0 saturated heterocycles. The van der Waals surface area contributed by atoms with Crippen LogP contribution in [0.3, 0.4) is 0 Å². The number of quaternary nitrogens is 1. The number of hydrogen-bond donors (Lipinski definition) is 4. The summed E-state index contributed by atoms with van der Waals surface area (Å²) in [6, 6.07) is -0.585. The molecule has 86 valence electrons. The number of aliphatic hydroxyl groups excluding tert-OH is 4. The van der Waals surface area contributed by atoms with Crippen molar-refractivity contribution in [2.75, 3.05) is 33.9 Å². The van der Waals surface area contributed by atoms with Gasteiger partial charge in [0, 0.05) is 0 Å². The second-order valence-electron chi connectivity index (χ2n) is 3.92. The molecule has 0 amide bonds. The van der Waals surface area contributed by atoms with Crippen LogP contribution in [-0.4, -0.2) is 76.5 Å². The normalized spacial score (nSPS) is 19.1. The van der Waals surface area contributed by atoms with Gasteiger partial charge in [-0.3, -0.25) is 0 Å². The monoisotopic (exact) mass is 228 g/mol. The Morgan fingerprint density at radius 1 is 1.14 bits per heavy atom. The Morgan fingerprint density at radius 2 is 1.64 bits per heavy atom. The second-order valence-corrected chi connectivity index (χ2v) is 4.37. The fraction of sp³-hybridized carbons (Fsp3) is 1.00. The Bertz CT molecular complexity index is 165. The van der Waals surface area contributed by atoms with Crippen molar-refractivity contribution in [2.45, 2.75) is 17.7 Å². The second kappa shape index (κ2) is 5.85. The molecule has 0 bridgehead atoms. The van der Waals surface area contributed by atoms with E-state index in [2.05, 4.69) is 0 Å². The van der Waals surface area contributed by atoms with Crippen LogP contribution in [0.4, 0.5) is 0 Å². The molecule has 4 N–H and O–H groups in total. The zero-order chi connectivity index (χ0) is 11.4. The van der Waals surface area contributed by atoms with Crippen molar-refractivity contribution in [3.8, 4) is 0 Å². The molecule has 0 fully saturated rings. The maximum Gasteiger partial charge on any atom is 0.182 e. The van der Waals surface area contributed by atoms with Crippen molar-refractivity contribution in [3.05, 3.63) is 0 Å². The van der Waals surface area contributed by atoms with Crippen LogP contribution in [0.5, 0.6) is 0 Å². The molecule has 0 heterocycles. The van der Waals surface area contributed by atoms with E-state index >= 15 is 0 Å². The number of halogens is 1. The first-order chi connectivity index (χ1) is 6.35. The summed E-state index contributed by atoms with van der Waals surface area (Å²) in [5, 5.41) is 36.1. The van der Waals surface area contributed by atoms with Crippen molar-refractivity contribution >= 4 is 11.6 Å². The van der Waals surface area contributed by atoms with Crippen LogP contribution < -0.4 is 0 Å². The zero-order valence-electron chi connectivity index (χ0n) is 8.47. The molecule has 0 aromatic rings. The van der Waals surface area contributed by atoms with Crippen LogP contribution in [0.2, 0.25) is 0 Å². The first-order valence-corrected chi connectivity index (χ1v) is 4.83. The van der Waals surface area contributed by atoms with Gasteiger partial charge < -0.3 is 24.9 Å². The summed E-state index contributed by atoms with van der Waals surface area (Å²) >= 11 is 5.49. The molecule has 3 unspecified atom stereocenters. The summed E-state index contributed by atoms with van der Waals surface area (Å²) in [7, 11) is 3.43. The topological polar surface area (TPSA) is 80.9 Å². The minimum absolute atomic E-state index is 0.142. The molecule has 5 nitrogen and oxygen atoms in total. The highest BCUT2D eigenvalue weighted by Crippen LogP contribution is 2.14. The van der Waals surface area contributed by atoms with Crippen LogP contribution in [0, 0.1) is 0 Å². The lowest BCUT2D eigenvalue weighted by molar-refractivity contribution is -0.920. The maximum absolute atomic E-state index is 9.25. The van der Waals surface area contributed by atoms with Crippen LogP contribution in [0.25, 0.3) is 0 Å². The third kappa shape index (κ3) is 4.08. The first-order valence-electron chi connectivity index (χ1n) is 4.39. The average Bonchev–Trinajstić information content (AvgIpc) is 2.02. The van der Waals surface area contributed by atoms with Gasteiger partial charge >= 0.3 is 0 Å². The van der Waals surface area contributed by atoms with Crippen LogP contribution in [-0.2, 0) is 0 Å². The Kier molecular flexibility index (Phi) is 5.88. The predicted molar refractivity (Wildman–Crippen MR) is 52.8 cm³/mol. The Morgan fingerprint density at radius 3 is 1.93 bits per heavy atom. The van der Waals surface area contributed by atoms with E-state index in [9.17, 15) is 10.2 Å². The van der Waals surface area contributed by atoms with Gasteiger partial charge in [0.05, 0.1) is 27.3 Å². The van der Waals surface area contributed by atoms with Gasteiger partial charge in [-0.25, -0.2) is 0 Å². The molecule has 6 heteroatoms. The number of likely N-dealkylation sites (N-methyl/N-ethyl adjacent to an activating group) is 1. The van der Waals surface area contributed by atoms with Crippen molar-refractivity contribution in [3.63, 3.8) is 0 Å². The van der Waals surface area contributed by atoms with Gasteiger partial charge in [0.2, 0.25) is 0 Å². The molecule has 0 radical (unpaired) electrons. The van der Waals surface area contributed by atoms with Gasteiger partial charge in [-0.05, 0) is 0 Å². The lowest BCUT2D eigenvalue weighted by Gasteiger charge is -2.38. The minimum Gasteiger partial charge on any atom is -0.393 e. The van der Waals surface area contributed by atoms with E-state index in [1.165, 1.54) is 0 Å². The van der Waals surface area contributed by atoms with Crippen molar-refractivity contribution in [1.29, 1.82) is 0 Å². The summed E-state index contributed by atoms with van der Waals surface area (Å²) in [6.45, 7) is -0.417. The third-order valence-electron chi connectivity index (χ3n) is 2.29. The largest absolute Gasteiger partial charge is 0.393 e. The van der Waals surface area contributed by atoms with Gasteiger partial charge in [-0.1, -0.05) is 11.6 Å². The Labute approximate surface area is 88.7 Å². The molecule has 0 aromatic heterocycles. The molecule has 0 aliphatic heterocycles. The summed E-state index contributed by atoms with van der Waals surface area (Å²) < 4.78 is 0.142. The van der Waals surface area contributed by atoms with E-state index in [1.807, 2.05) is 0 Å². The SMILES string of the molecule is C[N+](C)(CC(O)CO)C(CO)C(O)Cl.